The van der Waals surface area contributed by atoms with Gasteiger partial charge in [-0.05, 0) is 25.2 Å². The average Bonchev–Trinajstić information content (AvgIpc) is 1.87. The average molecular weight is 140 g/mol. The fourth-order valence-electron chi connectivity index (χ4n) is 2.45. The Morgan fingerprint density at radius 1 is 1.30 bits per heavy atom. The molecule has 0 spiro atoms. The van der Waals surface area contributed by atoms with E-state index in [1.165, 1.54) is 19.3 Å². The van der Waals surface area contributed by atoms with Crippen LogP contribution in [0.3, 0.4) is 0 Å². The molecule has 0 radical (unpaired) electrons. The number of fused-ring (bicyclic) bond motifs is 2. The third kappa shape index (κ3) is 0.800. The van der Waals surface area contributed by atoms with Gasteiger partial charge in [0.1, 0.15) is 0 Å². The van der Waals surface area contributed by atoms with Crippen LogP contribution in [0.5, 0.6) is 0 Å². The van der Waals surface area contributed by atoms with Crippen molar-refractivity contribution in [3.05, 3.63) is 0 Å². The molecule has 0 aromatic carbocycles. The van der Waals surface area contributed by atoms with Gasteiger partial charge in [0.15, 0.2) is 0 Å². The summed E-state index contributed by atoms with van der Waals surface area (Å²) in [7, 11) is 0. The van der Waals surface area contributed by atoms with Crippen molar-refractivity contribution in [2.24, 2.45) is 11.8 Å². The van der Waals surface area contributed by atoms with E-state index in [9.17, 15) is 0 Å². The van der Waals surface area contributed by atoms with Gasteiger partial charge in [0.05, 0.1) is 12.2 Å². The van der Waals surface area contributed by atoms with Crippen LogP contribution in [0.15, 0.2) is 0 Å². The van der Waals surface area contributed by atoms with Crippen molar-refractivity contribution >= 4 is 0 Å². The van der Waals surface area contributed by atoms with Crippen LogP contribution in [0.2, 0.25) is 0 Å². The minimum absolute atomic E-state index is 0.638. The molecular weight excluding hydrogens is 124 g/mol. The van der Waals surface area contributed by atoms with Crippen molar-refractivity contribution in [3.63, 3.8) is 0 Å². The third-order valence-corrected chi connectivity index (χ3v) is 3.05. The molecule has 3 rings (SSSR count). The van der Waals surface area contributed by atoms with Gasteiger partial charge in [0.25, 0.3) is 0 Å². The zero-order valence-corrected chi connectivity index (χ0v) is 6.84. The Balaban J connectivity index is 1.96. The molecule has 1 heteroatoms. The van der Waals surface area contributed by atoms with Crippen molar-refractivity contribution in [2.75, 3.05) is 0 Å². The Hall–Kier alpha value is -0.0400. The fraction of sp³-hybridized carbons (Fsp3) is 1.00. The minimum atomic E-state index is 0.638. The standard InChI is InChI=1S/C9H16O/c1-3-7-8-4-6(2)5-9(7)10-8/h6-9H,3-5H2,1-2H3. The SMILES string of the molecule is CCC1C2CC(C)CC1O2. The van der Waals surface area contributed by atoms with Gasteiger partial charge in [-0.15, -0.1) is 0 Å². The van der Waals surface area contributed by atoms with Gasteiger partial charge in [0.2, 0.25) is 0 Å². The number of hydrogen-bond acceptors (Lipinski definition) is 1. The Morgan fingerprint density at radius 3 is 2.40 bits per heavy atom. The largest absolute Gasteiger partial charge is 0.374 e. The van der Waals surface area contributed by atoms with Crippen molar-refractivity contribution < 1.29 is 4.74 Å². The Morgan fingerprint density at radius 2 is 1.90 bits per heavy atom. The second-order valence-corrected chi connectivity index (χ2v) is 3.86. The lowest BCUT2D eigenvalue weighted by atomic mass is 9.72. The molecule has 58 valence electrons. The van der Waals surface area contributed by atoms with Crippen LogP contribution < -0.4 is 0 Å². The van der Waals surface area contributed by atoms with Crippen LogP contribution in [0, 0.1) is 11.8 Å². The van der Waals surface area contributed by atoms with Crippen LogP contribution in [0.4, 0.5) is 0 Å². The molecule has 0 amide bonds. The van der Waals surface area contributed by atoms with Crippen LogP contribution in [-0.4, -0.2) is 12.2 Å². The van der Waals surface area contributed by atoms with Gasteiger partial charge >= 0.3 is 0 Å². The molecule has 2 bridgehead atoms. The van der Waals surface area contributed by atoms with Crippen LogP contribution in [-0.2, 0) is 4.74 Å². The predicted molar refractivity (Wildman–Crippen MR) is 40.8 cm³/mol. The summed E-state index contributed by atoms with van der Waals surface area (Å²) in [6, 6.07) is 0. The van der Waals surface area contributed by atoms with E-state index in [1.54, 1.807) is 0 Å². The van der Waals surface area contributed by atoms with Crippen LogP contribution in [0.1, 0.15) is 33.1 Å². The zero-order chi connectivity index (χ0) is 7.14. The molecule has 2 aliphatic heterocycles. The summed E-state index contributed by atoms with van der Waals surface area (Å²) >= 11 is 0. The van der Waals surface area contributed by atoms with Gasteiger partial charge < -0.3 is 4.74 Å². The smallest absolute Gasteiger partial charge is 0.0634 e. The van der Waals surface area contributed by atoms with Crippen molar-refractivity contribution in [2.45, 2.75) is 45.3 Å². The first-order valence-electron chi connectivity index (χ1n) is 4.46. The normalized spacial score (nSPS) is 52.2. The lowest BCUT2D eigenvalue weighted by Gasteiger charge is -2.51. The fourth-order valence-corrected chi connectivity index (χ4v) is 2.45. The molecule has 1 nitrogen and oxygen atoms in total. The summed E-state index contributed by atoms with van der Waals surface area (Å²) in [4.78, 5) is 0. The van der Waals surface area contributed by atoms with E-state index in [4.69, 9.17) is 4.74 Å². The highest BCUT2D eigenvalue weighted by Gasteiger charge is 2.45. The third-order valence-electron chi connectivity index (χ3n) is 3.05. The Kier molecular flexibility index (Phi) is 1.48. The Labute approximate surface area is 62.8 Å². The van der Waals surface area contributed by atoms with Crippen LogP contribution >= 0.6 is 0 Å². The summed E-state index contributed by atoms with van der Waals surface area (Å²) in [5.41, 5.74) is 0. The summed E-state index contributed by atoms with van der Waals surface area (Å²) in [6.07, 6.45) is 5.23. The second-order valence-electron chi connectivity index (χ2n) is 3.86. The quantitative estimate of drug-likeness (QED) is 0.542. The summed E-state index contributed by atoms with van der Waals surface area (Å²) < 4.78 is 5.65. The van der Waals surface area contributed by atoms with E-state index in [2.05, 4.69) is 13.8 Å². The molecule has 0 N–H and O–H groups in total. The van der Waals surface area contributed by atoms with Crippen molar-refractivity contribution in [1.82, 2.24) is 0 Å². The predicted octanol–water partition coefficient (Wildman–Crippen LogP) is 2.21. The summed E-state index contributed by atoms with van der Waals surface area (Å²) in [5.74, 6) is 1.84. The van der Waals surface area contributed by atoms with E-state index in [-0.39, 0.29) is 0 Å². The first-order valence-corrected chi connectivity index (χ1v) is 4.46. The maximum Gasteiger partial charge on any atom is 0.0634 e. The summed E-state index contributed by atoms with van der Waals surface area (Å²) in [6.45, 7) is 4.62. The topological polar surface area (TPSA) is 9.23 Å². The second kappa shape index (κ2) is 2.23. The Bertz CT molecular complexity index is 121. The van der Waals surface area contributed by atoms with Gasteiger partial charge in [-0.2, -0.15) is 0 Å². The molecule has 0 aromatic heterocycles. The highest BCUT2D eigenvalue weighted by Crippen LogP contribution is 2.44. The molecule has 2 heterocycles. The maximum absolute atomic E-state index is 5.65. The number of hydrogen-bond donors (Lipinski definition) is 0. The molecule has 0 aromatic rings. The summed E-state index contributed by atoms with van der Waals surface area (Å²) in [5, 5.41) is 0. The molecule has 1 saturated carbocycles. The van der Waals surface area contributed by atoms with Gasteiger partial charge in [-0.25, -0.2) is 0 Å². The molecule has 1 aliphatic carbocycles. The first-order chi connectivity index (χ1) is 4.81. The molecule has 3 aliphatic rings. The maximum atomic E-state index is 5.65. The highest BCUT2D eigenvalue weighted by atomic mass is 16.5. The van der Waals surface area contributed by atoms with Crippen LogP contribution in [0.25, 0.3) is 0 Å². The number of rotatable bonds is 1. The lowest BCUT2D eigenvalue weighted by Crippen LogP contribution is -2.53. The molecule has 2 unspecified atom stereocenters. The minimum Gasteiger partial charge on any atom is -0.374 e. The first kappa shape index (κ1) is 6.66. The van der Waals surface area contributed by atoms with Gasteiger partial charge in [-0.1, -0.05) is 13.8 Å². The molecule has 10 heavy (non-hydrogen) atoms. The lowest BCUT2D eigenvalue weighted by molar-refractivity contribution is -0.225. The number of ether oxygens (including phenoxy) is 1. The van der Waals surface area contributed by atoms with Crippen molar-refractivity contribution in [3.8, 4) is 0 Å². The molecule has 2 saturated heterocycles. The van der Waals surface area contributed by atoms with E-state index in [0.717, 1.165) is 11.8 Å². The molecule has 3 fully saturated rings. The van der Waals surface area contributed by atoms with Gasteiger partial charge in [-0.3, -0.25) is 0 Å². The van der Waals surface area contributed by atoms with E-state index in [1.807, 2.05) is 0 Å². The van der Waals surface area contributed by atoms with E-state index >= 15 is 0 Å². The zero-order valence-electron chi connectivity index (χ0n) is 6.84. The van der Waals surface area contributed by atoms with E-state index < -0.39 is 0 Å². The van der Waals surface area contributed by atoms with Crippen molar-refractivity contribution in [1.29, 1.82) is 0 Å². The van der Waals surface area contributed by atoms with Gasteiger partial charge in [0, 0.05) is 5.92 Å². The molecular formula is C9H16O. The van der Waals surface area contributed by atoms with E-state index in [0.29, 0.717) is 12.2 Å². The molecule has 2 atom stereocenters. The highest BCUT2D eigenvalue weighted by molar-refractivity contribution is 4.94. The monoisotopic (exact) mass is 140 g/mol.